The zero-order valence-electron chi connectivity index (χ0n) is 11.1. The lowest BCUT2D eigenvalue weighted by Crippen LogP contribution is -2.29. The van der Waals surface area contributed by atoms with Crippen molar-refractivity contribution in [2.24, 2.45) is 5.84 Å². The third kappa shape index (κ3) is 3.12. The summed E-state index contributed by atoms with van der Waals surface area (Å²) in [5.74, 6) is 4.93. The van der Waals surface area contributed by atoms with Gasteiger partial charge >= 0.3 is 0 Å². The molecule has 2 rings (SSSR count). The first-order valence-corrected chi connectivity index (χ1v) is 6.29. The molecule has 3 nitrogen and oxygen atoms in total. The zero-order valence-corrected chi connectivity index (χ0v) is 11.1. The molecule has 0 fully saturated rings. The molecule has 0 radical (unpaired) electrons. The van der Waals surface area contributed by atoms with Crippen molar-refractivity contribution in [3.05, 3.63) is 65.2 Å². The van der Waals surface area contributed by atoms with Gasteiger partial charge in [0, 0.05) is 11.6 Å². The minimum atomic E-state index is -0.644. The van der Waals surface area contributed by atoms with Gasteiger partial charge in [-0.3, -0.25) is 5.84 Å². The van der Waals surface area contributed by atoms with E-state index in [1.165, 1.54) is 12.1 Å². The Labute approximate surface area is 116 Å². The highest BCUT2D eigenvalue weighted by Crippen LogP contribution is 2.26. The summed E-state index contributed by atoms with van der Waals surface area (Å²) in [5, 5.41) is 0. The second-order valence-electron chi connectivity index (χ2n) is 4.27. The highest BCUT2D eigenvalue weighted by Gasteiger charge is 2.17. The summed E-state index contributed by atoms with van der Waals surface area (Å²) in [6, 6.07) is 10.0. The largest absolute Gasteiger partial charge is 0.494 e. The normalized spacial score (nSPS) is 12.2. The van der Waals surface area contributed by atoms with E-state index < -0.39 is 17.7 Å². The van der Waals surface area contributed by atoms with Crippen LogP contribution >= 0.6 is 0 Å². The number of nitrogens with two attached hydrogens (primary N) is 1. The van der Waals surface area contributed by atoms with Crippen molar-refractivity contribution < 1.29 is 13.5 Å². The number of ether oxygens (including phenoxy) is 1. The molecule has 0 saturated heterocycles. The molecule has 0 aromatic heterocycles. The maximum absolute atomic E-state index is 13.9. The van der Waals surface area contributed by atoms with E-state index in [0.717, 1.165) is 11.6 Å². The number of rotatable bonds is 5. The third-order valence-corrected chi connectivity index (χ3v) is 2.94. The van der Waals surface area contributed by atoms with Crippen LogP contribution in [0.1, 0.15) is 24.1 Å². The Morgan fingerprint density at radius 3 is 2.65 bits per heavy atom. The van der Waals surface area contributed by atoms with Crippen molar-refractivity contribution in [1.29, 1.82) is 0 Å². The van der Waals surface area contributed by atoms with Crippen molar-refractivity contribution >= 4 is 0 Å². The van der Waals surface area contributed by atoms with Gasteiger partial charge in [0.15, 0.2) is 0 Å². The Kier molecular flexibility index (Phi) is 4.65. The molecule has 2 aromatic rings. The van der Waals surface area contributed by atoms with E-state index in [0.29, 0.717) is 12.4 Å². The molecule has 0 spiro atoms. The molecule has 3 N–H and O–H groups in total. The molecule has 106 valence electrons. The Balaban J connectivity index is 2.38. The molecule has 0 bridgehead atoms. The fourth-order valence-electron chi connectivity index (χ4n) is 2.05. The van der Waals surface area contributed by atoms with Gasteiger partial charge in [-0.1, -0.05) is 18.2 Å². The monoisotopic (exact) mass is 278 g/mol. The van der Waals surface area contributed by atoms with Crippen molar-refractivity contribution in [2.75, 3.05) is 6.61 Å². The van der Waals surface area contributed by atoms with E-state index in [-0.39, 0.29) is 5.56 Å². The molecular formula is C15H16F2N2O. The average Bonchev–Trinajstić information content (AvgIpc) is 2.43. The van der Waals surface area contributed by atoms with Crippen LogP contribution in [0.2, 0.25) is 0 Å². The third-order valence-electron chi connectivity index (χ3n) is 2.94. The van der Waals surface area contributed by atoms with Gasteiger partial charge in [0.05, 0.1) is 12.6 Å². The first-order valence-electron chi connectivity index (χ1n) is 6.29. The molecule has 1 unspecified atom stereocenters. The topological polar surface area (TPSA) is 47.3 Å². The van der Waals surface area contributed by atoms with E-state index in [2.05, 4.69) is 5.43 Å². The number of benzene rings is 2. The van der Waals surface area contributed by atoms with Crippen LogP contribution in [0, 0.1) is 11.6 Å². The number of halogens is 2. The van der Waals surface area contributed by atoms with Crippen LogP contribution in [0.4, 0.5) is 8.78 Å². The molecule has 0 saturated carbocycles. The van der Waals surface area contributed by atoms with E-state index in [4.69, 9.17) is 10.6 Å². The average molecular weight is 278 g/mol. The molecular weight excluding hydrogens is 262 g/mol. The summed E-state index contributed by atoms with van der Waals surface area (Å²) in [6.07, 6.45) is 0. The quantitative estimate of drug-likeness (QED) is 0.653. The van der Waals surface area contributed by atoms with Gasteiger partial charge < -0.3 is 4.74 Å². The van der Waals surface area contributed by atoms with Crippen molar-refractivity contribution in [3.63, 3.8) is 0 Å². The lowest BCUT2D eigenvalue weighted by molar-refractivity contribution is 0.339. The van der Waals surface area contributed by atoms with Gasteiger partial charge in [0.1, 0.15) is 17.4 Å². The number of hydrogen-bond donors (Lipinski definition) is 2. The maximum Gasteiger partial charge on any atom is 0.131 e. The number of hydrogen-bond acceptors (Lipinski definition) is 3. The summed E-state index contributed by atoms with van der Waals surface area (Å²) in [4.78, 5) is 0. The van der Waals surface area contributed by atoms with Crippen LogP contribution in [0.3, 0.4) is 0 Å². The first kappa shape index (κ1) is 14.4. The van der Waals surface area contributed by atoms with Crippen molar-refractivity contribution in [1.82, 2.24) is 5.43 Å². The molecule has 5 heteroatoms. The van der Waals surface area contributed by atoms with Crippen molar-refractivity contribution in [3.8, 4) is 5.75 Å². The second-order valence-corrected chi connectivity index (χ2v) is 4.27. The van der Waals surface area contributed by atoms with Crippen molar-refractivity contribution in [2.45, 2.75) is 13.0 Å². The molecule has 0 aliphatic rings. The maximum atomic E-state index is 13.9. The van der Waals surface area contributed by atoms with E-state index in [1.807, 2.05) is 13.0 Å². The van der Waals surface area contributed by atoms with Gasteiger partial charge in [0.2, 0.25) is 0 Å². The van der Waals surface area contributed by atoms with Crippen LogP contribution in [-0.2, 0) is 0 Å². The Morgan fingerprint density at radius 1 is 1.20 bits per heavy atom. The van der Waals surface area contributed by atoms with E-state index >= 15 is 0 Å². The number of nitrogens with one attached hydrogen (secondary N) is 1. The first-order chi connectivity index (χ1) is 9.65. The predicted molar refractivity (Wildman–Crippen MR) is 73.1 cm³/mol. The number of hydrazine groups is 1. The van der Waals surface area contributed by atoms with Crippen LogP contribution in [0.25, 0.3) is 0 Å². The highest BCUT2D eigenvalue weighted by atomic mass is 19.1. The Hall–Kier alpha value is -1.98. The standard InChI is InChI=1S/C15H16F2N2O/c1-2-20-12-5-3-4-10(8-12)15(19-18)13-7-6-11(16)9-14(13)17/h3-9,15,19H,2,18H2,1H3. The fourth-order valence-corrected chi connectivity index (χ4v) is 2.05. The van der Waals surface area contributed by atoms with E-state index in [1.54, 1.807) is 18.2 Å². The summed E-state index contributed by atoms with van der Waals surface area (Å²) >= 11 is 0. The van der Waals surface area contributed by atoms with Crippen LogP contribution in [0.15, 0.2) is 42.5 Å². The molecule has 1 atom stereocenters. The van der Waals surface area contributed by atoms with Crippen LogP contribution in [0.5, 0.6) is 5.75 Å². The summed E-state index contributed by atoms with van der Waals surface area (Å²) in [5.41, 5.74) is 3.57. The van der Waals surface area contributed by atoms with Gasteiger partial charge in [0.25, 0.3) is 0 Å². The van der Waals surface area contributed by atoms with Gasteiger partial charge in [-0.15, -0.1) is 0 Å². The molecule has 0 heterocycles. The highest BCUT2D eigenvalue weighted by molar-refractivity contribution is 5.37. The molecule has 0 aliphatic heterocycles. The minimum absolute atomic E-state index is 0.280. The lowest BCUT2D eigenvalue weighted by Gasteiger charge is -2.18. The lowest BCUT2D eigenvalue weighted by atomic mass is 9.98. The minimum Gasteiger partial charge on any atom is -0.494 e. The molecule has 2 aromatic carbocycles. The van der Waals surface area contributed by atoms with Gasteiger partial charge in [-0.05, 0) is 30.7 Å². The van der Waals surface area contributed by atoms with Crippen LogP contribution in [-0.4, -0.2) is 6.61 Å². The summed E-state index contributed by atoms with van der Waals surface area (Å²) < 4.78 is 32.2. The second kappa shape index (κ2) is 6.45. The Bertz CT molecular complexity index is 590. The Morgan fingerprint density at radius 2 is 2.00 bits per heavy atom. The molecule has 20 heavy (non-hydrogen) atoms. The van der Waals surface area contributed by atoms with Crippen LogP contribution < -0.4 is 16.0 Å². The molecule has 0 amide bonds. The fraction of sp³-hybridized carbons (Fsp3) is 0.200. The summed E-state index contributed by atoms with van der Waals surface area (Å²) in [6.45, 7) is 2.42. The predicted octanol–water partition coefficient (Wildman–Crippen LogP) is 2.92. The summed E-state index contributed by atoms with van der Waals surface area (Å²) in [7, 11) is 0. The smallest absolute Gasteiger partial charge is 0.131 e. The molecule has 0 aliphatic carbocycles. The zero-order chi connectivity index (χ0) is 14.5. The van der Waals surface area contributed by atoms with Gasteiger partial charge in [-0.2, -0.15) is 0 Å². The van der Waals surface area contributed by atoms with Gasteiger partial charge in [-0.25, -0.2) is 14.2 Å². The van der Waals surface area contributed by atoms with E-state index in [9.17, 15) is 8.78 Å². The SMILES string of the molecule is CCOc1cccc(C(NN)c2ccc(F)cc2F)c1.